The molecule has 0 aliphatic heterocycles. The predicted molar refractivity (Wildman–Crippen MR) is 59.5 cm³/mol. The Morgan fingerprint density at radius 1 is 1.44 bits per heavy atom. The molecule has 16 heavy (non-hydrogen) atoms. The van der Waals surface area contributed by atoms with Gasteiger partial charge in [-0.25, -0.2) is 0 Å². The van der Waals surface area contributed by atoms with Gasteiger partial charge in [-0.3, -0.25) is 10.1 Å². The first-order chi connectivity index (χ1) is 7.50. The molecule has 1 rings (SSSR count). The minimum Gasteiger partial charge on any atom is -0.354 e. The third-order valence-electron chi connectivity index (χ3n) is 1.83. The van der Waals surface area contributed by atoms with Gasteiger partial charge in [0.05, 0.1) is 4.92 Å². The maximum atomic E-state index is 10.7. The van der Waals surface area contributed by atoms with Crippen molar-refractivity contribution in [2.45, 2.75) is 6.92 Å². The average Bonchev–Trinajstić information content (AvgIpc) is 2.19. The molecule has 0 atom stereocenters. The van der Waals surface area contributed by atoms with E-state index in [1.807, 2.05) is 0 Å². The molecule has 5 nitrogen and oxygen atoms in total. The Morgan fingerprint density at radius 3 is 2.69 bits per heavy atom. The number of benzene rings is 1. The summed E-state index contributed by atoms with van der Waals surface area (Å²) in [5, 5.41) is 12.1. The van der Waals surface area contributed by atoms with Crippen LogP contribution in [0, 0.1) is 29.1 Å². The molecule has 0 unspecified atom stereocenters. The van der Waals surface area contributed by atoms with Crippen LogP contribution in [0.4, 0.5) is 5.69 Å². The predicted octanol–water partition coefficient (Wildman–Crippen LogP) is 1.71. The first-order valence-corrected chi connectivity index (χ1v) is 4.61. The van der Waals surface area contributed by atoms with E-state index in [9.17, 15) is 10.1 Å². The molecule has 0 spiro atoms. The molecule has 0 aliphatic rings. The molecule has 1 aromatic rings. The molecule has 0 aromatic heterocycles. The van der Waals surface area contributed by atoms with Gasteiger partial charge in [0.25, 0.3) is 5.69 Å². The number of hydroxylamine groups is 2. The maximum Gasteiger partial charge on any atom is 0.273 e. The lowest BCUT2D eigenvalue weighted by Gasteiger charge is -2.02. The van der Waals surface area contributed by atoms with Gasteiger partial charge in [0, 0.05) is 31.3 Å². The molecule has 0 saturated carbocycles. The van der Waals surface area contributed by atoms with Gasteiger partial charge in [0.2, 0.25) is 0 Å². The SMILES string of the molecule is Cc1ccc(C#CON(C)C)cc1[N+](=O)[O-]. The quantitative estimate of drug-likeness (QED) is 0.432. The van der Waals surface area contributed by atoms with E-state index in [-0.39, 0.29) is 5.69 Å². The summed E-state index contributed by atoms with van der Waals surface area (Å²) in [6.07, 6.45) is 2.44. The fraction of sp³-hybridized carbons (Fsp3) is 0.273. The van der Waals surface area contributed by atoms with Crippen LogP contribution in [-0.4, -0.2) is 24.1 Å². The van der Waals surface area contributed by atoms with E-state index in [0.717, 1.165) is 0 Å². The summed E-state index contributed by atoms with van der Waals surface area (Å²) in [4.78, 5) is 15.1. The molecule has 0 heterocycles. The Balaban J connectivity index is 2.94. The van der Waals surface area contributed by atoms with Crippen LogP contribution in [-0.2, 0) is 4.84 Å². The van der Waals surface area contributed by atoms with Gasteiger partial charge < -0.3 is 4.84 Å². The van der Waals surface area contributed by atoms with Gasteiger partial charge in [-0.2, -0.15) is 0 Å². The van der Waals surface area contributed by atoms with E-state index in [1.54, 1.807) is 33.2 Å². The second-order valence-electron chi connectivity index (χ2n) is 3.39. The molecule has 84 valence electrons. The average molecular weight is 220 g/mol. The number of aryl methyl sites for hydroxylation is 1. The molecule has 0 saturated heterocycles. The van der Waals surface area contributed by atoms with Gasteiger partial charge in [0.1, 0.15) is 6.11 Å². The zero-order valence-electron chi connectivity index (χ0n) is 9.35. The van der Waals surface area contributed by atoms with E-state index < -0.39 is 4.92 Å². The molecule has 5 heteroatoms. The van der Waals surface area contributed by atoms with Crippen molar-refractivity contribution in [3.05, 3.63) is 39.4 Å². The summed E-state index contributed by atoms with van der Waals surface area (Å²) in [6.45, 7) is 1.69. The van der Waals surface area contributed by atoms with Gasteiger partial charge >= 0.3 is 0 Å². The highest BCUT2D eigenvalue weighted by atomic mass is 16.7. The van der Waals surface area contributed by atoms with Crippen molar-refractivity contribution in [3.63, 3.8) is 0 Å². The van der Waals surface area contributed by atoms with Crippen molar-refractivity contribution in [1.82, 2.24) is 5.06 Å². The largest absolute Gasteiger partial charge is 0.354 e. The maximum absolute atomic E-state index is 10.7. The third-order valence-corrected chi connectivity index (χ3v) is 1.83. The van der Waals surface area contributed by atoms with Crippen molar-refractivity contribution in [2.24, 2.45) is 0 Å². The monoisotopic (exact) mass is 220 g/mol. The molecule has 1 aromatic carbocycles. The summed E-state index contributed by atoms with van der Waals surface area (Å²) >= 11 is 0. The Bertz CT molecular complexity index is 458. The van der Waals surface area contributed by atoms with Crippen molar-refractivity contribution < 1.29 is 9.76 Å². The summed E-state index contributed by atoms with van der Waals surface area (Å²) < 4.78 is 0. The molecular formula is C11H12N2O3. The van der Waals surface area contributed by atoms with Crippen molar-refractivity contribution in [3.8, 4) is 12.0 Å². The van der Waals surface area contributed by atoms with Crippen molar-refractivity contribution in [2.75, 3.05) is 14.1 Å². The topological polar surface area (TPSA) is 55.6 Å². The number of nitro groups is 1. The van der Waals surface area contributed by atoms with Gasteiger partial charge in [-0.05, 0) is 18.9 Å². The second kappa shape index (κ2) is 5.14. The van der Waals surface area contributed by atoms with Crippen LogP contribution in [0.3, 0.4) is 0 Å². The van der Waals surface area contributed by atoms with Crippen molar-refractivity contribution >= 4 is 5.69 Å². The van der Waals surface area contributed by atoms with Crippen LogP contribution in [0.2, 0.25) is 0 Å². The highest BCUT2D eigenvalue weighted by Crippen LogP contribution is 2.18. The normalized spacial score (nSPS) is 9.50. The smallest absolute Gasteiger partial charge is 0.273 e. The molecular weight excluding hydrogens is 208 g/mol. The fourth-order valence-electron chi connectivity index (χ4n) is 1.06. The molecule has 0 amide bonds. The Kier molecular flexibility index (Phi) is 3.86. The number of nitro benzene ring substituents is 1. The van der Waals surface area contributed by atoms with Crippen LogP contribution in [0.25, 0.3) is 0 Å². The molecule has 0 radical (unpaired) electrons. The molecule has 0 fully saturated rings. The lowest BCUT2D eigenvalue weighted by atomic mass is 10.1. The number of rotatable bonds is 2. The van der Waals surface area contributed by atoms with Crippen LogP contribution in [0.15, 0.2) is 18.2 Å². The first kappa shape index (κ1) is 12.0. The zero-order chi connectivity index (χ0) is 12.1. The minimum atomic E-state index is -0.423. The fourth-order valence-corrected chi connectivity index (χ4v) is 1.06. The lowest BCUT2D eigenvalue weighted by Crippen LogP contribution is -2.07. The molecule has 0 aliphatic carbocycles. The number of hydrogen-bond acceptors (Lipinski definition) is 4. The second-order valence-corrected chi connectivity index (χ2v) is 3.39. The number of hydrogen-bond donors (Lipinski definition) is 0. The summed E-state index contributed by atoms with van der Waals surface area (Å²) in [6, 6.07) is 4.81. The molecule has 0 bridgehead atoms. The van der Waals surface area contributed by atoms with Crippen LogP contribution in [0.5, 0.6) is 0 Å². The Labute approximate surface area is 93.7 Å². The van der Waals surface area contributed by atoms with E-state index in [4.69, 9.17) is 4.84 Å². The van der Waals surface area contributed by atoms with E-state index in [0.29, 0.717) is 11.1 Å². The highest BCUT2D eigenvalue weighted by Gasteiger charge is 2.09. The van der Waals surface area contributed by atoms with Crippen LogP contribution >= 0.6 is 0 Å². The van der Waals surface area contributed by atoms with Crippen LogP contribution in [0.1, 0.15) is 11.1 Å². The van der Waals surface area contributed by atoms with Gasteiger partial charge in [-0.15, -0.1) is 5.06 Å². The summed E-state index contributed by atoms with van der Waals surface area (Å²) in [5.41, 5.74) is 1.24. The first-order valence-electron chi connectivity index (χ1n) is 4.61. The lowest BCUT2D eigenvalue weighted by molar-refractivity contribution is -0.385. The Morgan fingerprint density at radius 2 is 2.12 bits per heavy atom. The van der Waals surface area contributed by atoms with E-state index >= 15 is 0 Å². The highest BCUT2D eigenvalue weighted by molar-refractivity contribution is 5.47. The van der Waals surface area contributed by atoms with E-state index in [1.165, 1.54) is 11.1 Å². The molecule has 0 N–H and O–H groups in total. The summed E-state index contributed by atoms with van der Waals surface area (Å²) in [7, 11) is 3.40. The third kappa shape index (κ3) is 3.26. The van der Waals surface area contributed by atoms with Gasteiger partial charge in [-0.1, -0.05) is 6.07 Å². The standard InChI is InChI=1S/C11H12N2O3/c1-9-4-5-10(6-7-16-12(2)3)8-11(9)13(14)15/h4-5,8H,1-3H3. The van der Waals surface area contributed by atoms with Crippen molar-refractivity contribution in [1.29, 1.82) is 0 Å². The van der Waals surface area contributed by atoms with E-state index in [2.05, 4.69) is 12.0 Å². The summed E-state index contributed by atoms with van der Waals surface area (Å²) in [5.74, 6) is 2.68. The number of nitrogens with zero attached hydrogens (tertiary/aromatic N) is 2. The van der Waals surface area contributed by atoms with Gasteiger partial charge in [0.15, 0.2) is 0 Å². The zero-order valence-corrected chi connectivity index (χ0v) is 9.35. The minimum absolute atomic E-state index is 0.0663. The van der Waals surface area contributed by atoms with Crippen LogP contribution < -0.4 is 0 Å². The Hall–Kier alpha value is -2.06.